The average molecular weight is 401 g/mol. The fourth-order valence-corrected chi connectivity index (χ4v) is 3.85. The molecule has 3 aromatic rings. The van der Waals surface area contributed by atoms with Gasteiger partial charge in [-0.2, -0.15) is 0 Å². The molecule has 0 aliphatic heterocycles. The van der Waals surface area contributed by atoms with Gasteiger partial charge in [-0.25, -0.2) is 0 Å². The molecule has 3 atom stereocenters. The molecule has 0 bridgehead atoms. The number of allylic oxidation sites excluding steroid dienone is 1. The van der Waals surface area contributed by atoms with Gasteiger partial charge in [0.15, 0.2) is 0 Å². The summed E-state index contributed by atoms with van der Waals surface area (Å²) in [7, 11) is 0. The van der Waals surface area contributed by atoms with E-state index in [0.717, 1.165) is 28.5 Å². The Labute approximate surface area is 178 Å². The van der Waals surface area contributed by atoms with E-state index in [1.54, 1.807) is 0 Å². The van der Waals surface area contributed by atoms with Crippen molar-refractivity contribution in [1.29, 1.82) is 0 Å². The van der Waals surface area contributed by atoms with Gasteiger partial charge in [0.25, 0.3) is 0 Å². The number of benzene rings is 3. The van der Waals surface area contributed by atoms with Crippen LogP contribution >= 0.6 is 0 Å². The lowest BCUT2D eigenvalue weighted by Crippen LogP contribution is -2.04. The molecular weight excluding hydrogens is 372 g/mol. The van der Waals surface area contributed by atoms with E-state index in [2.05, 4.69) is 32.6 Å². The molecule has 4 rings (SSSR count). The molecule has 1 saturated carbocycles. The van der Waals surface area contributed by atoms with Crippen LogP contribution in [0.3, 0.4) is 0 Å². The van der Waals surface area contributed by atoms with Crippen LogP contribution < -0.4 is 9.47 Å². The van der Waals surface area contributed by atoms with Gasteiger partial charge in [-0.1, -0.05) is 56.8 Å². The molecule has 0 radical (unpaired) electrons. The Hall–Kier alpha value is -3.04. The third-order valence-corrected chi connectivity index (χ3v) is 6.09. The first-order chi connectivity index (χ1) is 14.3. The molecule has 30 heavy (non-hydrogen) atoms. The fourth-order valence-electron chi connectivity index (χ4n) is 3.85. The van der Waals surface area contributed by atoms with Gasteiger partial charge >= 0.3 is 0 Å². The summed E-state index contributed by atoms with van der Waals surface area (Å²) in [5.41, 5.74) is 3.40. The number of ether oxygens (including phenoxy) is 2. The summed E-state index contributed by atoms with van der Waals surface area (Å²) in [5.74, 6) is 3.53. The number of hydrogen-bond donors (Lipinski definition) is 1. The molecule has 1 N–H and O–H groups in total. The van der Waals surface area contributed by atoms with Crippen molar-refractivity contribution in [3.8, 4) is 17.2 Å². The van der Waals surface area contributed by atoms with Crippen molar-refractivity contribution in [2.75, 3.05) is 0 Å². The predicted octanol–water partition coefficient (Wildman–Crippen LogP) is 6.77. The summed E-state index contributed by atoms with van der Waals surface area (Å²) in [6, 6.07) is 23.3. The first-order valence-electron chi connectivity index (χ1n) is 10.3. The maximum absolute atomic E-state index is 10.8. The first-order valence-corrected chi connectivity index (χ1v) is 10.3. The summed E-state index contributed by atoms with van der Waals surface area (Å²) in [5, 5.41) is 10.8. The quantitative estimate of drug-likeness (QED) is 0.445. The molecule has 3 heteroatoms. The Bertz CT molecular complexity index is 1020. The summed E-state index contributed by atoms with van der Waals surface area (Å²) < 4.78 is 11.3. The molecule has 154 valence electrons. The maximum atomic E-state index is 10.8. The Morgan fingerprint density at radius 1 is 0.900 bits per heavy atom. The zero-order chi connectivity index (χ0) is 21.3. The van der Waals surface area contributed by atoms with Crippen molar-refractivity contribution in [2.24, 2.45) is 5.92 Å². The third-order valence-electron chi connectivity index (χ3n) is 6.09. The zero-order valence-corrected chi connectivity index (χ0v) is 17.8. The topological polar surface area (TPSA) is 38.7 Å². The zero-order valence-electron chi connectivity index (χ0n) is 17.8. The Kier molecular flexibility index (Phi) is 5.40. The Morgan fingerprint density at radius 3 is 1.80 bits per heavy atom. The second kappa shape index (κ2) is 8.00. The highest BCUT2D eigenvalue weighted by atomic mass is 16.5. The smallest absolute Gasteiger partial charge is 0.127 e. The van der Waals surface area contributed by atoms with E-state index in [9.17, 15) is 5.11 Å². The van der Waals surface area contributed by atoms with Crippen LogP contribution in [-0.2, 0) is 5.41 Å². The van der Waals surface area contributed by atoms with Gasteiger partial charge in [0.05, 0.1) is 5.76 Å². The third kappa shape index (κ3) is 4.27. The highest BCUT2D eigenvalue weighted by molar-refractivity contribution is 5.40. The lowest BCUT2D eigenvalue weighted by molar-refractivity contribution is 0.220. The number of aliphatic hydroxyl groups excluding tert-OH is 1. The lowest BCUT2D eigenvalue weighted by Gasteiger charge is -2.15. The standard InChI is InChI=1S/C27H28O3/c1-18(2)29-23-13-15-25(16-14-23)30-24-11-7-21(8-12-24)26(28)20-5-9-22(10-6-20)27(4)17-19(27)3/h5-16,19,26,28H,1,17H2,2-4H3/t19?,26?,27-/m0/s1. The predicted molar refractivity (Wildman–Crippen MR) is 120 cm³/mol. The summed E-state index contributed by atoms with van der Waals surface area (Å²) in [4.78, 5) is 0. The van der Waals surface area contributed by atoms with Gasteiger partial charge < -0.3 is 14.6 Å². The monoisotopic (exact) mass is 400 g/mol. The Balaban J connectivity index is 1.41. The highest BCUT2D eigenvalue weighted by Gasteiger charge is 2.47. The van der Waals surface area contributed by atoms with Crippen molar-refractivity contribution in [1.82, 2.24) is 0 Å². The minimum absolute atomic E-state index is 0.303. The van der Waals surface area contributed by atoms with Crippen LogP contribution in [0.5, 0.6) is 17.2 Å². The van der Waals surface area contributed by atoms with Gasteiger partial charge in [0.1, 0.15) is 23.4 Å². The van der Waals surface area contributed by atoms with Gasteiger partial charge in [-0.15, -0.1) is 0 Å². The first kappa shape index (κ1) is 20.2. The van der Waals surface area contributed by atoms with E-state index < -0.39 is 6.10 Å². The van der Waals surface area contributed by atoms with Crippen molar-refractivity contribution < 1.29 is 14.6 Å². The van der Waals surface area contributed by atoms with Crippen LogP contribution in [0.4, 0.5) is 0 Å². The summed E-state index contributed by atoms with van der Waals surface area (Å²) in [6.45, 7) is 10.1. The van der Waals surface area contributed by atoms with Crippen LogP contribution in [-0.4, -0.2) is 5.11 Å². The van der Waals surface area contributed by atoms with Gasteiger partial charge in [0.2, 0.25) is 0 Å². The van der Waals surface area contributed by atoms with Gasteiger partial charge in [0, 0.05) is 0 Å². The summed E-state index contributed by atoms with van der Waals surface area (Å²) >= 11 is 0. The van der Waals surface area contributed by atoms with Gasteiger partial charge in [-0.05, 0) is 77.8 Å². The lowest BCUT2D eigenvalue weighted by atomic mass is 9.93. The molecular formula is C27H28O3. The Morgan fingerprint density at radius 2 is 1.33 bits per heavy atom. The van der Waals surface area contributed by atoms with Crippen LogP contribution in [0.15, 0.2) is 85.1 Å². The molecule has 1 aliphatic carbocycles. The van der Waals surface area contributed by atoms with Crippen LogP contribution in [0, 0.1) is 5.92 Å². The summed E-state index contributed by atoms with van der Waals surface area (Å²) in [6.07, 6.45) is 0.580. The van der Waals surface area contributed by atoms with Crippen molar-refractivity contribution in [3.05, 3.63) is 102 Å². The molecule has 1 aliphatic rings. The normalized spacial score (nSPS) is 21.0. The molecule has 3 aromatic carbocycles. The molecule has 1 fully saturated rings. The van der Waals surface area contributed by atoms with Crippen molar-refractivity contribution in [2.45, 2.75) is 38.7 Å². The molecule has 0 heterocycles. The number of hydrogen-bond acceptors (Lipinski definition) is 3. The second-order valence-corrected chi connectivity index (χ2v) is 8.49. The van der Waals surface area contributed by atoms with Crippen molar-refractivity contribution >= 4 is 0 Å². The van der Waals surface area contributed by atoms with E-state index >= 15 is 0 Å². The van der Waals surface area contributed by atoms with Gasteiger partial charge in [-0.3, -0.25) is 0 Å². The van der Waals surface area contributed by atoms with Crippen LogP contribution in [0.1, 0.15) is 50.0 Å². The van der Waals surface area contributed by atoms with E-state index in [0.29, 0.717) is 16.9 Å². The van der Waals surface area contributed by atoms with E-state index in [1.165, 1.54) is 12.0 Å². The highest BCUT2D eigenvalue weighted by Crippen LogP contribution is 2.53. The number of rotatable bonds is 7. The second-order valence-electron chi connectivity index (χ2n) is 8.49. The molecule has 0 amide bonds. The van der Waals surface area contributed by atoms with Crippen LogP contribution in [0.25, 0.3) is 0 Å². The molecule has 3 nitrogen and oxygen atoms in total. The van der Waals surface area contributed by atoms with E-state index in [4.69, 9.17) is 9.47 Å². The van der Waals surface area contributed by atoms with Crippen molar-refractivity contribution in [3.63, 3.8) is 0 Å². The minimum atomic E-state index is -0.656. The van der Waals surface area contributed by atoms with Crippen LogP contribution in [0.2, 0.25) is 0 Å². The largest absolute Gasteiger partial charge is 0.463 e. The molecule has 0 spiro atoms. The van der Waals surface area contributed by atoms with E-state index in [-0.39, 0.29) is 0 Å². The SMILES string of the molecule is C=C(C)Oc1ccc(Oc2ccc(C(O)c3ccc([C@@]4(C)CC4C)cc3)cc2)cc1. The maximum Gasteiger partial charge on any atom is 0.127 e. The molecule has 2 unspecified atom stereocenters. The van der Waals surface area contributed by atoms with E-state index in [1.807, 2.05) is 67.6 Å². The fraction of sp³-hybridized carbons (Fsp3) is 0.259. The minimum Gasteiger partial charge on any atom is -0.463 e. The molecule has 0 aromatic heterocycles. The average Bonchev–Trinajstić information content (AvgIpc) is 3.37. The molecule has 0 saturated heterocycles. The number of aliphatic hydroxyl groups is 1.